The first-order valence-electron chi connectivity index (χ1n) is 4.94. The standard InChI is InChI=1S/C10H18FNO2/c1-9(2,3)14-8(13)12-10(4-5-10)6-7-11/h4-7H2,1-3H3,(H,12,13). The van der Waals surface area contributed by atoms with Gasteiger partial charge in [-0.15, -0.1) is 0 Å². The molecular weight excluding hydrogens is 185 g/mol. The zero-order chi connectivity index (χ0) is 10.8. The largest absolute Gasteiger partial charge is 0.444 e. The van der Waals surface area contributed by atoms with Crippen molar-refractivity contribution in [2.24, 2.45) is 0 Å². The first-order valence-corrected chi connectivity index (χ1v) is 4.94. The molecule has 0 saturated heterocycles. The van der Waals surface area contributed by atoms with Gasteiger partial charge in [0.15, 0.2) is 0 Å². The van der Waals surface area contributed by atoms with Crippen molar-refractivity contribution in [1.82, 2.24) is 5.32 Å². The molecule has 1 amide bonds. The van der Waals surface area contributed by atoms with E-state index in [4.69, 9.17) is 4.74 Å². The predicted octanol–water partition coefficient (Wildman–Crippen LogP) is 2.40. The van der Waals surface area contributed by atoms with Crippen molar-refractivity contribution in [2.75, 3.05) is 6.67 Å². The fraction of sp³-hybridized carbons (Fsp3) is 0.900. The van der Waals surface area contributed by atoms with Crippen molar-refractivity contribution in [3.8, 4) is 0 Å². The molecule has 1 saturated carbocycles. The van der Waals surface area contributed by atoms with Gasteiger partial charge in [-0.25, -0.2) is 4.79 Å². The number of alkyl halides is 1. The number of carbonyl (C=O) groups excluding carboxylic acids is 1. The Balaban J connectivity index is 2.34. The molecule has 0 spiro atoms. The second-order valence-electron chi connectivity index (χ2n) is 4.85. The number of halogens is 1. The Bertz CT molecular complexity index is 219. The van der Waals surface area contributed by atoms with Crippen LogP contribution in [0.3, 0.4) is 0 Å². The van der Waals surface area contributed by atoms with Crippen LogP contribution in [0.4, 0.5) is 9.18 Å². The molecule has 0 aromatic carbocycles. The molecule has 82 valence electrons. The second-order valence-corrected chi connectivity index (χ2v) is 4.85. The van der Waals surface area contributed by atoms with Crippen LogP contribution in [0.2, 0.25) is 0 Å². The summed E-state index contributed by atoms with van der Waals surface area (Å²) in [5.41, 5.74) is -0.799. The molecule has 4 heteroatoms. The van der Waals surface area contributed by atoms with Crippen LogP contribution >= 0.6 is 0 Å². The molecule has 0 aromatic rings. The van der Waals surface area contributed by atoms with Gasteiger partial charge in [0.25, 0.3) is 0 Å². The average molecular weight is 203 g/mol. The summed E-state index contributed by atoms with van der Waals surface area (Å²) < 4.78 is 17.2. The third-order valence-corrected chi connectivity index (χ3v) is 2.19. The number of hydrogen-bond donors (Lipinski definition) is 1. The minimum Gasteiger partial charge on any atom is -0.444 e. The molecule has 0 heterocycles. The van der Waals surface area contributed by atoms with Gasteiger partial charge in [0.1, 0.15) is 5.60 Å². The number of rotatable bonds is 3. The van der Waals surface area contributed by atoms with Crippen molar-refractivity contribution in [3.63, 3.8) is 0 Å². The summed E-state index contributed by atoms with van der Waals surface area (Å²) in [5, 5.41) is 2.72. The first-order chi connectivity index (χ1) is 6.37. The highest BCUT2D eigenvalue weighted by Gasteiger charge is 2.44. The lowest BCUT2D eigenvalue weighted by atomic mass is 10.2. The van der Waals surface area contributed by atoms with Crippen LogP contribution in [0.25, 0.3) is 0 Å². The van der Waals surface area contributed by atoms with E-state index in [1.165, 1.54) is 0 Å². The molecule has 1 aliphatic carbocycles. The van der Waals surface area contributed by atoms with Crippen LogP contribution in [0, 0.1) is 0 Å². The Labute approximate surface area is 84.0 Å². The van der Waals surface area contributed by atoms with Crippen molar-refractivity contribution in [1.29, 1.82) is 0 Å². The van der Waals surface area contributed by atoms with Crippen molar-refractivity contribution in [2.45, 2.75) is 51.2 Å². The summed E-state index contributed by atoms with van der Waals surface area (Å²) in [4.78, 5) is 11.3. The van der Waals surface area contributed by atoms with Crippen LogP contribution in [-0.2, 0) is 4.74 Å². The zero-order valence-corrected chi connectivity index (χ0v) is 9.02. The normalized spacial score (nSPS) is 18.9. The van der Waals surface area contributed by atoms with E-state index >= 15 is 0 Å². The SMILES string of the molecule is CC(C)(C)OC(=O)NC1(CCF)CC1. The molecule has 1 rings (SSSR count). The summed E-state index contributed by atoms with van der Waals surface area (Å²) in [7, 11) is 0. The quantitative estimate of drug-likeness (QED) is 0.764. The van der Waals surface area contributed by atoms with Gasteiger partial charge < -0.3 is 10.1 Å². The number of amides is 1. The fourth-order valence-electron chi connectivity index (χ4n) is 1.29. The van der Waals surface area contributed by atoms with Crippen LogP contribution < -0.4 is 5.32 Å². The number of alkyl carbamates (subject to hydrolysis) is 1. The molecule has 0 aromatic heterocycles. The number of nitrogens with one attached hydrogen (secondary N) is 1. The lowest BCUT2D eigenvalue weighted by Gasteiger charge is -2.22. The van der Waals surface area contributed by atoms with Crippen LogP contribution in [0.15, 0.2) is 0 Å². The molecule has 14 heavy (non-hydrogen) atoms. The molecule has 0 aliphatic heterocycles. The highest BCUT2D eigenvalue weighted by Crippen LogP contribution is 2.38. The van der Waals surface area contributed by atoms with E-state index in [1.807, 2.05) is 0 Å². The molecule has 1 N–H and O–H groups in total. The number of carbonyl (C=O) groups is 1. The van der Waals surface area contributed by atoms with Crippen molar-refractivity contribution in [3.05, 3.63) is 0 Å². The Morgan fingerprint density at radius 1 is 1.50 bits per heavy atom. The van der Waals surface area contributed by atoms with E-state index < -0.39 is 18.4 Å². The van der Waals surface area contributed by atoms with E-state index in [2.05, 4.69) is 5.32 Å². The van der Waals surface area contributed by atoms with Gasteiger partial charge in [-0.3, -0.25) is 4.39 Å². The van der Waals surface area contributed by atoms with Gasteiger partial charge in [-0.05, 0) is 40.0 Å². The molecule has 0 unspecified atom stereocenters. The maximum absolute atomic E-state index is 12.1. The van der Waals surface area contributed by atoms with Gasteiger partial charge in [0, 0.05) is 5.54 Å². The summed E-state index contributed by atoms with van der Waals surface area (Å²) in [6, 6.07) is 0. The summed E-state index contributed by atoms with van der Waals surface area (Å²) in [5.74, 6) is 0. The Morgan fingerprint density at radius 3 is 2.43 bits per heavy atom. The maximum atomic E-state index is 12.1. The lowest BCUT2D eigenvalue weighted by molar-refractivity contribution is 0.0492. The van der Waals surface area contributed by atoms with Crippen LogP contribution in [-0.4, -0.2) is 23.9 Å². The summed E-state index contributed by atoms with van der Waals surface area (Å²) in [6.45, 7) is 5.03. The number of ether oxygens (including phenoxy) is 1. The third-order valence-electron chi connectivity index (χ3n) is 2.19. The predicted molar refractivity (Wildman–Crippen MR) is 51.9 cm³/mol. The molecule has 0 atom stereocenters. The Morgan fingerprint density at radius 2 is 2.07 bits per heavy atom. The van der Waals surface area contributed by atoms with Crippen LogP contribution in [0.5, 0.6) is 0 Å². The monoisotopic (exact) mass is 203 g/mol. The van der Waals surface area contributed by atoms with Gasteiger partial charge in [0.2, 0.25) is 0 Å². The second kappa shape index (κ2) is 3.75. The molecule has 3 nitrogen and oxygen atoms in total. The zero-order valence-electron chi connectivity index (χ0n) is 9.02. The van der Waals surface area contributed by atoms with Crippen molar-refractivity contribution >= 4 is 6.09 Å². The minimum atomic E-state index is -0.490. The van der Waals surface area contributed by atoms with E-state index in [0.29, 0.717) is 6.42 Å². The Kier molecular flexibility index (Phi) is 3.02. The van der Waals surface area contributed by atoms with Crippen LogP contribution in [0.1, 0.15) is 40.0 Å². The molecule has 0 bridgehead atoms. The van der Waals surface area contributed by atoms with E-state index in [1.54, 1.807) is 20.8 Å². The average Bonchev–Trinajstić information content (AvgIpc) is 2.64. The Hall–Kier alpha value is -0.800. The van der Waals surface area contributed by atoms with Crippen molar-refractivity contribution < 1.29 is 13.9 Å². The molecular formula is C10H18FNO2. The number of hydrogen-bond acceptors (Lipinski definition) is 2. The fourth-order valence-corrected chi connectivity index (χ4v) is 1.29. The third kappa shape index (κ3) is 3.52. The summed E-state index contributed by atoms with van der Waals surface area (Å²) in [6.07, 6.45) is 1.67. The molecule has 1 aliphatic rings. The molecule has 1 fully saturated rings. The van der Waals surface area contributed by atoms with Gasteiger partial charge in [0.05, 0.1) is 6.67 Å². The van der Waals surface area contributed by atoms with Gasteiger partial charge >= 0.3 is 6.09 Å². The van der Waals surface area contributed by atoms with Gasteiger partial charge in [-0.1, -0.05) is 0 Å². The highest BCUT2D eigenvalue weighted by molar-refractivity contribution is 5.69. The van der Waals surface area contributed by atoms with E-state index in [0.717, 1.165) is 12.8 Å². The summed E-state index contributed by atoms with van der Waals surface area (Å²) >= 11 is 0. The van der Waals surface area contributed by atoms with E-state index in [9.17, 15) is 9.18 Å². The smallest absolute Gasteiger partial charge is 0.408 e. The molecule has 0 radical (unpaired) electrons. The van der Waals surface area contributed by atoms with E-state index in [-0.39, 0.29) is 5.54 Å². The van der Waals surface area contributed by atoms with Gasteiger partial charge in [-0.2, -0.15) is 0 Å². The maximum Gasteiger partial charge on any atom is 0.408 e. The first kappa shape index (κ1) is 11.3. The topological polar surface area (TPSA) is 38.3 Å². The lowest BCUT2D eigenvalue weighted by Crippen LogP contribution is -2.40. The minimum absolute atomic E-state index is 0.308. The highest BCUT2D eigenvalue weighted by atomic mass is 19.1.